The van der Waals surface area contributed by atoms with E-state index < -0.39 is 0 Å². The van der Waals surface area contributed by atoms with Gasteiger partial charge in [0.2, 0.25) is 0 Å². The molecule has 0 N–H and O–H groups in total. The number of hydrogen-bond acceptors (Lipinski definition) is 5. The number of rotatable bonds is 6. The van der Waals surface area contributed by atoms with Crippen LogP contribution in [0.25, 0.3) is 0 Å². The summed E-state index contributed by atoms with van der Waals surface area (Å²) in [7, 11) is 0. The van der Waals surface area contributed by atoms with Crippen LogP contribution in [0.3, 0.4) is 0 Å². The molecule has 0 unspecified atom stereocenters. The van der Waals surface area contributed by atoms with Crippen LogP contribution in [0, 0.1) is 13.8 Å². The third-order valence-corrected chi connectivity index (χ3v) is 6.33. The zero-order valence-electron chi connectivity index (χ0n) is 17.3. The van der Waals surface area contributed by atoms with E-state index in [2.05, 4.69) is 55.3 Å². The van der Waals surface area contributed by atoms with Gasteiger partial charge in [-0.05, 0) is 74.1 Å². The first-order valence-corrected chi connectivity index (χ1v) is 11.8. The van der Waals surface area contributed by atoms with Gasteiger partial charge in [-0.25, -0.2) is 4.99 Å². The molecule has 0 spiro atoms. The number of aromatic nitrogens is 2. The molecule has 0 radical (unpaired) electrons. The van der Waals surface area contributed by atoms with E-state index in [0.717, 1.165) is 46.0 Å². The summed E-state index contributed by atoms with van der Waals surface area (Å²) in [5.41, 5.74) is 4.28. The molecule has 0 aliphatic carbocycles. The smallest absolute Gasteiger partial charge is 0.298 e. The number of aliphatic imine (C=N–C) groups is 1. The Kier molecular flexibility index (Phi) is 6.79. The molecule has 0 saturated carbocycles. The fourth-order valence-corrected chi connectivity index (χ4v) is 4.26. The number of halogens is 1. The van der Waals surface area contributed by atoms with Crippen molar-refractivity contribution >= 4 is 39.5 Å². The lowest BCUT2D eigenvalue weighted by Gasteiger charge is -2.23. The highest BCUT2D eigenvalue weighted by atomic mass is 79.9. The van der Waals surface area contributed by atoms with Crippen LogP contribution in [-0.2, 0) is 6.42 Å². The summed E-state index contributed by atoms with van der Waals surface area (Å²) in [6, 6.07) is 12.3. The van der Waals surface area contributed by atoms with Crippen molar-refractivity contribution in [1.82, 2.24) is 14.3 Å². The molecule has 0 amide bonds. The van der Waals surface area contributed by atoms with Crippen molar-refractivity contribution in [1.29, 1.82) is 0 Å². The minimum atomic E-state index is 0.564. The fourth-order valence-electron chi connectivity index (χ4n) is 3.43. The summed E-state index contributed by atoms with van der Waals surface area (Å²) in [4.78, 5) is 11.6. The van der Waals surface area contributed by atoms with E-state index in [0.29, 0.717) is 11.6 Å². The van der Waals surface area contributed by atoms with Crippen LogP contribution >= 0.6 is 27.5 Å². The Hall–Kier alpha value is -2.25. The molecule has 1 aliphatic heterocycles. The molecule has 2 heterocycles. The molecule has 3 aromatic rings. The van der Waals surface area contributed by atoms with Gasteiger partial charge in [0.05, 0.1) is 12.0 Å². The van der Waals surface area contributed by atoms with E-state index in [1.54, 1.807) is 0 Å². The number of nitrogens with zero attached hydrogens (tertiary/aromatic N) is 4. The predicted octanol–water partition coefficient (Wildman–Crippen LogP) is 6.45. The highest BCUT2D eigenvalue weighted by molar-refractivity contribution is 9.10. The topological polar surface area (TPSA) is 50.6 Å². The Morgan fingerprint density at radius 2 is 1.87 bits per heavy atom. The van der Waals surface area contributed by atoms with Gasteiger partial charge in [0.1, 0.15) is 5.75 Å². The molecule has 7 heteroatoms. The van der Waals surface area contributed by atoms with Gasteiger partial charge in [0.25, 0.3) is 5.19 Å². The molecule has 1 fully saturated rings. The molecule has 4 rings (SSSR count). The van der Waals surface area contributed by atoms with Gasteiger partial charge in [-0.3, -0.25) is 0 Å². The van der Waals surface area contributed by atoms with Gasteiger partial charge < -0.3 is 9.64 Å². The molecule has 30 heavy (non-hydrogen) atoms. The first-order valence-electron chi connectivity index (χ1n) is 10.2. The average molecular weight is 485 g/mol. The van der Waals surface area contributed by atoms with Crippen molar-refractivity contribution in [3.05, 3.63) is 63.4 Å². The van der Waals surface area contributed by atoms with Crippen molar-refractivity contribution in [2.45, 2.75) is 39.5 Å². The summed E-state index contributed by atoms with van der Waals surface area (Å²) >= 11 is 4.75. The van der Waals surface area contributed by atoms with Gasteiger partial charge >= 0.3 is 0 Å². The van der Waals surface area contributed by atoms with Gasteiger partial charge in [-0.1, -0.05) is 28.1 Å². The monoisotopic (exact) mass is 484 g/mol. The zero-order valence-corrected chi connectivity index (χ0v) is 19.7. The first-order chi connectivity index (χ1) is 14.6. The molecule has 1 aliphatic rings. The average Bonchev–Trinajstić information content (AvgIpc) is 3.19. The van der Waals surface area contributed by atoms with Gasteiger partial charge in [0, 0.05) is 35.5 Å². The van der Waals surface area contributed by atoms with Crippen molar-refractivity contribution in [3.8, 4) is 10.9 Å². The Labute approximate surface area is 190 Å². The van der Waals surface area contributed by atoms with Crippen LogP contribution in [0.2, 0.25) is 0 Å². The molecule has 156 valence electrons. The van der Waals surface area contributed by atoms with Gasteiger partial charge in [-0.2, -0.15) is 9.36 Å². The van der Waals surface area contributed by atoms with Crippen molar-refractivity contribution in [2.75, 3.05) is 13.1 Å². The lowest BCUT2D eigenvalue weighted by atomic mass is 10.1. The summed E-state index contributed by atoms with van der Waals surface area (Å²) in [6.45, 7) is 6.30. The largest absolute Gasteiger partial charge is 0.430 e. The second-order valence-electron chi connectivity index (χ2n) is 7.63. The SMILES string of the molecule is Cc1cc(Oc2nc(Cc3ccc(Br)cc3)ns2)c(C)cc1N=CN1CCCCC1. The predicted molar refractivity (Wildman–Crippen MR) is 126 cm³/mol. The van der Waals surface area contributed by atoms with Crippen LogP contribution in [0.5, 0.6) is 10.9 Å². The quantitative estimate of drug-likeness (QED) is 0.298. The molecular weight excluding hydrogens is 460 g/mol. The maximum atomic E-state index is 6.05. The van der Waals surface area contributed by atoms with Crippen molar-refractivity contribution in [3.63, 3.8) is 0 Å². The van der Waals surface area contributed by atoms with Gasteiger partial charge in [0.15, 0.2) is 5.82 Å². The molecule has 2 aromatic carbocycles. The second-order valence-corrected chi connectivity index (χ2v) is 9.26. The van der Waals surface area contributed by atoms with Crippen LogP contribution < -0.4 is 4.74 Å². The molecule has 5 nitrogen and oxygen atoms in total. The zero-order chi connectivity index (χ0) is 20.9. The van der Waals surface area contributed by atoms with E-state index in [1.165, 1.54) is 36.4 Å². The Morgan fingerprint density at radius 3 is 2.63 bits per heavy atom. The Morgan fingerprint density at radius 1 is 1.10 bits per heavy atom. The van der Waals surface area contributed by atoms with Crippen LogP contribution in [0.1, 0.15) is 41.8 Å². The maximum absolute atomic E-state index is 6.05. The first kappa shape index (κ1) is 21.0. The summed E-state index contributed by atoms with van der Waals surface area (Å²) in [5.74, 6) is 1.57. The van der Waals surface area contributed by atoms with Crippen LogP contribution in [0.15, 0.2) is 45.9 Å². The fraction of sp³-hybridized carbons (Fsp3) is 0.348. The molecule has 1 aromatic heterocycles. The Balaban J connectivity index is 1.43. The van der Waals surface area contributed by atoms with Crippen LogP contribution in [0.4, 0.5) is 5.69 Å². The maximum Gasteiger partial charge on any atom is 0.298 e. The van der Waals surface area contributed by atoms with E-state index in [9.17, 15) is 0 Å². The minimum Gasteiger partial charge on any atom is -0.430 e. The standard InChI is InChI=1S/C23H25BrN4OS/c1-16-13-21(17(2)12-20(16)25-15-28-10-4-3-5-11-28)29-23-26-22(27-30-23)14-18-6-8-19(24)9-7-18/h6-9,12-13,15H,3-5,10-11,14H2,1-2H3. The minimum absolute atomic E-state index is 0.564. The van der Waals surface area contributed by atoms with Crippen molar-refractivity contribution in [2.24, 2.45) is 4.99 Å². The van der Waals surface area contributed by atoms with E-state index in [4.69, 9.17) is 9.73 Å². The summed E-state index contributed by atoms with van der Waals surface area (Å²) < 4.78 is 11.6. The summed E-state index contributed by atoms with van der Waals surface area (Å²) in [6.07, 6.45) is 6.51. The number of aryl methyl sites for hydroxylation is 2. The van der Waals surface area contributed by atoms with Crippen molar-refractivity contribution < 1.29 is 4.74 Å². The Bertz CT molecular complexity index is 1030. The molecule has 0 atom stereocenters. The lowest BCUT2D eigenvalue weighted by Crippen LogP contribution is -2.28. The second kappa shape index (κ2) is 9.71. The number of ether oxygens (including phenoxy) is 1. The third-order valence-electron chi connectivity index (χ3n) is 5.17. The number of piperidine rings is 1. The molecular formula is C23H25BrN4OS. The normalized spacial score (nSPS) is 14.4. The third kappa shape index (κ3) is 5.46. The molecule has 1 saturated heterocycles. The number of likely N-dealkylation sites (tertiary alicyclic amines) is 1. The number of hydrogen-bond donors (Lipinski definition) is 0. The number of benzene rings is 2. The highest BCUT2D eigenvalue weighted by Crippen LogP contribution is 2.32. The van der Waals surface area contributed by atoms with E-state index in [1.807, 2.05) is 31.5 Å². The van der Waals surface area contributed by atoms with Gasteiger partial charge in [-0.15, -0.1) is 0 Å². The highest BCUT2D eigenvalue weighted by Gasteiger charge is 2.12. The van der Waals surface area contributed by atoms with E-state index in [-0.39, 0.29) is 0 Å². The van der Waals surface area contributed by atoms with E-state index >= 15 is 0 Å². The molecule has 0 bridgehead atoms. The van der Waals surface area contributed by atoms with Crippen LogP contribution in [-0.4, -0.2) is 33.7 Å². The lowest BCUT2D eigenvalue weighted by molar-refractivity contribution is 0.351. The summed E-state index contributed by atoms with van der Waals surface area (Å²) in [5, 5.41) is 0.564.